The van der Waals surface area contributed by atoms with Crippen LogP contribution in [0.1, 0.15) is 18.4 Å². The number of carboxylic acids is 1. The second-order valence-corrected chi connectivity index (χ2v) is 4.28. The number of benzene rings is 1. The van der Waals surface area contributed by atoms with Gasteiger partial charge in [-0.2, -0.15) is 0 Å². The van der Waals surface area contributed by atoms with Gasteiger partial charge in [0.15, 0.2) is 0 Å². The molecule has 6 nitrogen and oxygen atoms in total. The summed E-state index contributed by atoms with van der Waals surface area (Å²) < 4.78 is 5.07. The second kappa shape index (κ2) is 8.79. The van der Waals surface area contributed by atoms with Crippen molar-refractivity contribution in [3.05, 3.63) is 29.8 Å². The fourth-order valence-corrected chi connectivity index (χ4v) is 1.63. The normalized spacial score (nSPS) is 9.85. The van der Waals surface area contributed by atoms with Crippen LogP contribution in [-0.2, 0) is 11.2 Å². The number of carbonyl (C=O) groups is 2. The first-order chi connectivity index (χ1) is 9.61. The lowest BCUT2D eigenvalue weighted by Gasteiger charge is -2.07. The van der Waals surface area contributed by atoms with Gasteiger partial charge in [-0.15, -0.1) is 0 Å². The van der Waals surface area contributed by atoms with Crippen LogP contribution in [-0.4, -0.2) is 37.3 Å². The van der Waals surface area contributed by atoms with Gasteiger partial charge in [-0.1, -0.05) is 12.1 Å². The number of aliphatic carboxylic acids is 1. The first-order valence-electron chi connectivity index (χ1n) is 6.48. The molecule has 0 aliphatic carbocycles. The van der Waals surface area contributed by atoms with E-state index in [0.717, 1.165) is 18.6 Å². The summed E-state index contributed by atoms with van der Waals surface area (Å²) in [6, 6.07) is 7.46. The highest BCUT2D eigenvalue weighted by atomic mass is 16.5. The quantitative estimate of drug-likeness (QED) is 0.628. The van der Waals surface area contributed by atoms with Crippen LogP contribution in [0.25, 0.3) is 0 Å². The highest BCUT2D eigenvalue weighted by Crippen LogP contribution is 2.12. The maximum atomic E-state index is 11.3. The molecule has 0 unspecified atom stereocenters. The van der Waals surface area contributed by atoms with Crippen LogP contribution in [0.5, 0.6) is 5.75 Å². The zero-order valence-corrected chi connectivity index (χ0v) is 11.5. The maximum absolute atomic E-state index is 11.3. The fourth-order valence-electron chi connectivity index (χ4n) is 1.63. The predicted octanol–water partition coefficient (Wildman–Crippen LogP) is 1.40. The number of carboxylic acid groups (broad SMARTS) is 1. The Hall–Kier alpha value is -2.24. The van der Waals surface area contributed by atoms with Crippen molar-refractivity contribution in [3.8, 4) is 5.75 Å². The first kappa shape index (κ1) is 15.8. The number of amides is 2. The highest BCUT2D eigenvalue weighted by Gasteiger charge is 2.01. The van der Waals surface area contributed by atoms with Crippen LogP contribution >= 0.6 is 0 Å². The van der Waals surface area contributed by atoms with Gasteiger partial charge in [0.05, 0.1) is 13.5 Å². The molecular formula is C14H20N2O4. The molecule has 20 heavy (non-hydrogen) atoms. The van der Waals surface area contributed by atoms with Crippen LogP contribution in [0.3, 0.4) is 0 Å². The molecule has 0 aliphatic heterocycles. The molecule has 0 atom stereocenters. The average Bonchev–Trinajstić information content (AvgIpc) is 2.44. The molecule has 0 bridgehead atoms. The van der Waals surface area contributed by atoms with Crippen LogP contribution in [0.4, 0.5) is 4.79 Å². The van der Waals surface area contributed by atoms with Crippen molar-refractivity contribution in [2.75, 3.05) is 20.2 Å². The fraction of sp³-hybridized carbons (Fsp3) is 0.429. The van der Waals surface area contributed by atoms with Crippen LogP contribution in [0.2, 0.25) is 0 Å². The Morgan fingerprint density at radius 3 is 2.40 bits per heavy atom. The number of hydrogen-bond donors (Lipinski definition) is 3. The molecule has 0 saturated heterocycles. The molecule has 1 rings (SSSR count). The van der Waals surface area contributed by atoms with Crippen molar-refractivity contribution < 1.29 is 19.4 Å². The molecule has 1 aromatic carbocycles. The number of nitrogens with one attached hydrogen (secondary N) is 2. The van der Waals surface area contributed by atoms with Gasteiger partial charge in [-0.3, -0.25) is 4.79 Å². The third kappa shape index (κ3) is 6.63. The van der Waals surface area contributed by atoms with Crippen molar-refractivity contribution in [1.82, 2.24) is 10.6 Å². The maximum Gasteiger partial charge on any atom is 0.314 e. The molecule has 0 fully saturated rings. The monoisotopic (exact) mass is 280 g/mol. The van der Waals surface area contributed by atoms with E-state index in [-0.39, 0.29) is 19.0 Å². The van der Waals surface area contributed by atoms with Gasteiger partial charge in [0.1, 0.15) is 5.75 Å². The largest absolute Gasteiger partial charge is 0.497 e. The third-order valence-electron chi connectivity index (χ3n) is 2.71. The van der Waals surface area contributed by atoms with Gasteiger partial charge in [-0.25, -0.2) is 4.79 Å². The van der Waals surface area contributed by atoms with E-state index in [2.05, 4.69) is 10.6 Å². The minimum Gasteiger partial charge on any atom is -0.497 e. The molecule has 1 aromatic rings. The zero-order valence-electron chi connectivity index (χ0n) is 11.5. The Morgan fingerprint density at radius 2 is 1.80 bits per heavy atom. The van der Waals surface area contributed by atoms with E-state index in [4.69, 9.17) is 9.84 Å². The SMILES string of the molecule is COc1ccc(CCCNC(=O)NCCC(=O)O)cc1. The Balaban J connectivity index is 2.11. The lowest BCUT2D eigenvalue weighted by molar-refractivity contribution is -0.136. The molecule has 6 heteroatoms. The van der Waals surface area contributed by atoms with Crippen molar-refractivity contribution in [2.45, 2.75) is 19.3 Å². The minimum atomic E-state index is -0.926. The Morgan fingerprint density at radius 1 is 1.15 bits per heavy atom. The molecule has 3 N–H and O–H groups in total. The summed E-state index contributed by atoms with van der Waals surface area (Å²) in [6.45, 7) is 0.685. The van der Waals surface area contributed by atoms with E-state index in [1.165, 1.54) is 5.56 Å². The van der Waals surface area contributed by atoms with E-state index < -0.39 is 5.97 Å². The zero-order chi connectivity index (χ0) is 14.8. The van der Waals surface area contributed by atoms with Gasteiger partial charge in [0.2, 0.25) is 0 Å². The second-order valence-electron chi connectivity index (χ2n) is 4.28. The number of urea groups is 1. The Labute approximate surface area is 118 Å². The summed E-state index contributed by atoms with van der Waals surface area (Å²) >= 11 is 0. The van der Waals surface area contributed by atoms with Crippen LogP contribution in [0, 0.1) is 0 Å². The lowest BCUT2D eigenvalue weighted by atomic mass is 10.1. The molecule has 0 aromatic heterocycles. The number of carbonyl (C=O) groups excluding carboxylic acids is 1. The van der Waals surface area contributed by atoms with Gasteiger partial charge in [-0.05, 0) is 30.5 Å². The van der Waals surface area contributed by atoms with Crippen LogP contribution < -0.4 is 15.4 Å². The molecule has 2 amide bonds. The van der Waals surface area contributed by atoms with Gasteiger partial charge < -0.3 is 20.5 Å². The summed E-state index contributed by atoms with van der Waals surface area (Å²) in [5.74, 6) is -0.102. The van der Waals surface area contributed by atoms with Crippen molar-refractivity contribution in [3.63, 3.8) is 0 Å². The smallest absolute Gasteiger partial charge is 0.314 e. The summed E-state index contributed by atoms with van der Waals surface area (Å²) in [6.07, 6.45) is 1.61. The van der Waals surface area contributed by atoms with E-state index in [1.54, 1.807) is 7.11 Å². The number of ether oxygens (including phenoxy) is 1. The Bertz CT molecular complexity index is 431. The number of aryl methyl sites for hydroxylation is 1. The Kier molecular flexibility index (Phi) is 6.95. The van der Waals surface area contributed by atoms with Crippen molar-refractivity contribution in [1.29, 1.82) is 0 Å². The van der Waals surface area contributed by atoms with E-state index in [9.17, 15) is 9.59 Å². The van der Waals surface area contributed by atoms with Crippen LogP contribution in [0.15, 0.2) is 24.3 Å². The molecule has 0 spiro atoms. The summed E-state index contributed by atoms with van der Waals surface area (Å²) in [4.78, 5) is 21.6. The molecule has 0 saturated carbocycles. The van der Waals surface area contributed by atoms with E-state index in [0.29, 0.717) is 6.54 Å². The average molecular weight is 280 g/mol. The van der Waals surface area contributed by atoms with Crippen molar-refractivity contribution in [2.24, 2.45) is 0 Å². The first-order valence-corrected chi connectivity index (χ1v) is 6.48. The highest BCUT2D eigenvalue weighted by molar-refractivity contribution is 5.74. The lowest BCUT2D eigenvalue weighted by Crippen LogP contribution is -2.37. The minimum absolute atomic E-state index is 0.0702. The summed E-state index contributed by atoms with van der Waals surface area (Å²) in [5.41, 5.74) is 1.18. The van der Waals surface area contributed by atoms with Gasteiger partial charge in [0, 0.05) is 13.1 Å². The molecule has 0 heterocycles. The van der Waals surface area contributed by atoms with E-state index in [1.807, 2.05) is 24.3 Å². The molecule has 0 aliphatic rings. The standard InChI is InChI=1S/C14H20N2O4/c1-20-12-6-4-11(5-7-12)3-2-9-15-14(19)16-10-8-13(17)18/h4-7H,2-3,8-10H2,1H3,(H,17,18)(H2,15,16,19). The topological polar surface area (TPSA) is 87.7 Å². The van der Waals surface area contributed by atoms with Gasteiger partial charge >= 0.3 is 12.0 Å². The van der Waals surface area contributed by atoms with Gasteiger partial charge in [0.25, 0.3) is 0 Å². The number of rotatable bonds is 8. The summed E-state index contributed by atoms with van der Waals surface area (Å²) in [5, 5.41) is 13.6. The number of methoxy groups -OCH3 is 1. The molecule has 110 valence electrons. The van der Waals surface area contributed by atoms with Crippen molar-refractivity contribution >= 4 is 12.0 Å². The summed E-state index contributed by atoms with van der Waals surface area (Å²) in [7, 11) is 1.63. The molecular weight excluding hydrogens is 260 g/mol. The number of hydrogen-bond acceptors (Lipinski definition) is 3. The predicted molar refractivity (Wildman–Crippen MR) is 75.0 cm³/mol. The third-order valence-corrected chi connectivity index (χ3v) is 2.71. The van der Waals surface area contributed by atoms with E-state index >= 15 is 0 Å². The molecule has 0 radical (unpaired) electrons.